The molecule has 8 heteroatoms. The number of hydrogen-bond acceptors (Lipinski definition) is 4. The van der Waals surface area contributed by atoms with Crippen LogP contribution in [0.15, 0.2) is 30.3 Å². The SMILES string of the molecule is C[C@H]1[C@H](NC(=O)c2ccccc2)C(=O)N1S(=O)(=O)O. The summed E-state index contributed by atoms with van der Waals surface area (Å²) in [6, 6.07) is 6.47. The number of hydrogen-bond donors (Lipinski definition) is 2. The van der Waals surface area contributed by atoms with Crippen molar-refractivity contribution in [3.8, 4) is 0 Å². The third-order valence-electron chi connectivity index (χ3n) is 2.91. The van der Waals surface area contributed by atoms with Crippen LogP contribution >= 0.6 is 0 Å². The van der Waals surface area contributed by atoms with E-state index in [1.807, 2.05) is 0 Å². The molecule has 0 saturated carbocycles. The second-order valence-corrected chi connectivity index (χ2v) is 5.46. The lowest BCUT2D eigenvalue weighted by atomic mass is 10.0. The first-order valence-electron chi connectivity index (χ1n) is 5.49. The molecule has 1 aromatic rings. The monoisotopic (exact) mass is 284 g/mol. The van der Waals surface area contributed by atoms with E-state index in [9.17, 15) is 18.0 Å². The van der Waals surface area contributed by atoms with Crippen molar-refractivity contribution in [2.45, 2.75) is 19.0 Å². The average molecular weight is 284 g/mol. The standard InChI is InChI=1S/C11H12N2O5S/c1-7-9(11(15)13(7)19(16,17)18)12-10(14)8-5-3-2-4-6-8/h2-7,9H,1H3,(H,12,14)(H,16,17,18)/t7-,9-/m0/s1. The molecule has 1 aromatic carbocycles. The van der Waals surface area contributed by atoms with E-state index >= 15 is 0 Å². The zero-order valence-electron chi connectivity index (χ0n) is 9.98. The van der Waals surface area contributed by atoms with Gasteiger partial charge in [0.1, 0.15) is 6.04 Å². The van der Waals surface area contributed by atoms with Gasteiger partial charge in [0.2, 0.25) is 0 Å². The van der Waals surface area contributed by atoms with E-state index in [4.69, 9.17) is 4.55 Å². The molecule has 0 bridgehead atoms. The van der Waals surface area contributed by atoms with Crippen LogP contribution in [0.25, 0.3) is 0 Å². The summed E-state index contributed by atoms with van der Waals surface area (Å²) in [7, 11) is -4.57. The van der Waals surface area contributed by atoms with Gasteiger partial charge in [0.15, 0.2) is 0 Å². The highest BCUT2D eigenvalue weighted by Gasteiger charge is 2.51. The number of β-lactam (4-membered cyclic amide) rings is 1. The average Bonchev–Trinajstić information content (AvgIpc) is 2.35. The fraction of sp³-hybridized carbons (Fsp3) is 0.273. The Morgan fingerprint density at radius 3 is 2.37 bits per heavy atom. The van der Waals surface area contributed by atoms with E-state index in [2.05, 4.69) is 5.32 Å². The minimum atomic E-state index is -4.57. The third-order valence-corrected chi connectivity index (χ3v) is 3.92. The summed E-state index contributed by atoms with van der Waals surface area (Å²) < 4.78 is 30.9. The Morgan fingerprint density at radius 1 is 1.32 bits per heavy atom. The van der Waals surface area contributed by atoms with Gasteiger partial charge in [-0.3, -0.25) is 14.1 Å². The van der Waals surface area contributed by atoms with Crippen molar-refractivity contribution in [1.29, 1.82) is 0 Å². The lowest BCUT2D eigenvalue weighted by molar-refractivity contribution is -0.141. The number of benzene rings is 1. The van der Waals surface area contributed by atoms with Crippen LogP contribution < -0.4 is 5.32 Å². The van der Waals surface area contributed by atoms with Crippen molar-refractivity contribution in [2.24, 2.45) is 0 Å². The molecule has 0 aliphatic carbocycles. The molecule has 102 valence electrons. The van der Waals surface area contributed by atoms with Crippen LogP contribution in [-0.4, -0.2) is 41.2 Å². The molecule has 1 aliphatic rings. The van der Waals surface area contributed by atoms with Gasteiger partial charge in [0, 0.05) is 5.56 Å². The van der Waals surface area contributed by atoms with Gasteiger partial charge in [-0.2, -0.15) is 8.42 Å². The molecule has 2 N–H and O–H groups in total. The minimum Gasteiger partial charge on any atom is -0.338 e. The topological polar surface area (TPSA) is 104 Å². The summed E-state index contributed by atoms with van der Waals surface area (Å²) in [6.45, 7) is 1.42. The Labute approximate surface area is 110 Å². The highest BCUT2D eigenvalue weighted by Crippen LogP contribution is 2.23. The number of nitrogens with zero attached hydrogens (tertiary/aromatic N) is 1. The quantitative estimate of drug-likeness (QED) is 0.592. The number of amides is 2. The smallest absolute Gasteiger partial charge is 0.338 e. The summed E-state index contributed by atoms with van der Waals surface area (Å²) in [4.78, 5) is 23.4. The molecular weight excluding hydrogens is 272 g/mol. The van der Waals surface area contributed by atoms with E-state index in [0.29, 0.717) is 9.87 Å². The van der Waals surface area contributed by atoms with Crippen LogP contribution in [0, 0.1) is 0 Å². The first-order valence-corrected chi connectivity index (χ1v) is 6.88. The Balaban J connectivity index is 2.07. The van der Waals surface area contributed by atoms with Crippen LogP contribution in [0.1, 0.15) is 17.3 Å². The largest absolute Gasteiger partial charge is 0.362 e. The van der Waals surface area contributed by atoms with Gasteiger partial charge in [-0.1, -0.05) is 18.2 Å². The number of carbonyl (C=O) groups is 2. The first-order chi connectivity index (χ1) is 8.82. The summed E-state index contributed by atoms with van der Waals surface area (Å²) >= 11 is 0. The van der Waals surface area contributed by atoms with Crippen molar-refractivity contribution in [1.82, 2.24) is 9.62 Å². The molecule has 0 unspecified atom stereocenters. The fourth-order valence-electron chi connectivity index (χ4n) is 1.92. The molecule has 7 nitrogen and oxygen atoms in total. The molecule has 1 fully saturated rings. The number of rotatable bonds is 3. The van der Waals surface area contributed by atoms with Gasteiger partial charge in [-0.05, 0) is 19.1 Å². The molecule has 2 amide bonds. The Hall–Kier alpha value is -1.93. The second kappa shape index (κ2) is 4.63. The highest BCUT2D eigenvalue weighted by atomic mass is 32.2. The van der Waals surface area contributed by atoms with Crippen molar-refractivity contribution >= 4 is 22.1 Å². The summed E-state index contributed by atoms with van der Waals surface area (Å²) in [5.74, 6) is -1.32. The van der Waals surface area contributed by atoms with Crippen molar-refractivity contribution < 1.29 is 22.6 Å². The lowest BCUT2D eigenvalue weighted by Crippen LogP contribution is -2.70. The molecule has 2 rings (SSSR count). The van der Waals surface area contributed by atoms with Crippen LogP contribution in [0.4, 0.5) is 0 Å². The van der Waals surface area contributed by atoms with Crippen molar-refractivity contribution in [2.75, 3.05) is 0 Å². The molecule has 0 spiro atoms. The maximum atomic E-state index is 11.8. The first kappa shape index (κ1) is 13.5. The van der Waals surface area contributed by atoms with E-state index in [1.54, 1.807) is 30.3 Å². The molecule has 0 aromatic heterocycles. The maximum absolute atomic E-state index is 11.8. The van der Waals surface area contributed by atoms with E-state index in [-0.39, 0.29) is 0 Å². The Bertz CT molecular complexity index is 613. The van der Waals surface area contributed by atoms with Gasteiger partial charge in [0.05, 0.1) is 6.04 Å². The lowest BCUT2D eigenvalue weighted by Gasteiger charge is -2.42. The zero-order chi connectivity index (χ0) is 14.2. The summed E-state index contributed by atoms with van der Waals surface area (Å²) in [5, 5.41) is 2.43. The van der Waals surface area contributed by atoms with E-state index in [0.717, 1.165) is 0 Å². The molecule has 1 heterocycles. The van der Waals surface area contributed by atoms with Crippen molar-refractivity contribution in [3.05, 3.63) is 35.9 Å². The van der Waals surface area contributed by atoms with Crippen LogP contribution in [0.5, 0.6) is 0 Å². The molecule has 1 aliphatic heterocycles. The van der Waals surface area contributed by atoms with Gasteiger partial charge in [0.25, 0.3) is 11.8 Å². The highest BCUT2D eigenvalue weighted by molar-refractivity contribution is 7.84. The Morgan fingerprint density at radius 2 is 1.89 bits per heavy atom. The van der Waals surface area contributed by atoms with Crippen LogP contribution in [-0.2, 0) is 15.1 Å². The van der Waals surface area contributed by atoms with Crippen LogP contribution in [0.2, 0.25) is 0 Å². The second-order valence-electron chi connectivity index (χ2n) is 4.17. The van der Waals surface area contributed by atoms with Gasteiger partial charge in [-0.25, -0.2) is 4.31 Å². The normalized spacial score (nSPS) is 22.8. The molecule has 1 saturated heterocycles. The van der Waals surface area contributed by atoms with Crippen LogP contribution in [0.3, 0.4) is 0 Å². The predicted molar refractivity (Wildman–Crippen MR) is 65.6 cm³/mol. The predicted octanol–water partition coefficient (Wildman–Crippen LogP) is -0.181. The molecule has 19 heavy (non-hydrogen) atoms. The van der Waals surface area contributed by atoms with E-state index < -0.39 is 34.2 Å². The maximum Gasteiger partial charge on any atom is 0.362 e. The van der Waals surface area contributed by atoms with Gasteiger partial charge >= 0.3 is 10.3 Å². The molecule has 2 atom stereocenters. The zero-order valence-corrected chi connectivity index (χ0v) is 10.8. The summed E-state index contributed by atoms with van der Waals surface area (Å²) in [6.07, 6.45) is 0. The minimum absolute atomic E-state index is 0.336. The number of nitrogens with one attached hydrogen (secondary N) is 1. The fourth-order valence-corrected chi connectivity index (χ4v) is 2.80. The van der Waals surface area contributed by atoms with Gasteiger partial charge in [-0.15, -0.1) is 0 Å². The Kier molecular flexibility index (Phi) is 3.29. The molecular formula is C11H12N2O5S. The summed E-state index contributed by atoms with van der Waals surface area (Å²) in [5.41, 5.74) is 0.368. The van der Waals surface area contributed by atoms with Crippen molar-refractivity contribution in [3.63, 3.8) is 0 Å². The van der Waals surface area contributed by atoms with Gasteiger partial charge < -0.3 is 5.32 Å². The third kappa shape index (κ3) is 2.45. The van der Waals surface area contributed by atoms with E-state index in [1.165, 1.54) is 6.92 Å². The molecule has 0 radical (unpaired) electrons. The number of carbonyl (C=O) groups excluding carboxylic acids is 2.